The minimum Gasteiger partial charge on any atom is -0.211 e. The molecule has 0 aliphatic rings. The van der Waals surface area contributed by atoms with Crippen molar-refractivity contribution in [2.45, 2.75) is 75.6 Å². The lowest BCUT2D eigenvalue weighted by molar-refractivity contribution is 0.143. The number of alkyl halides is 4. The maximum atomic E-state index is 11.8. The van der Waals surface area contributed by atoms with Gasteiger partial charge in [0.1, 0.15) is 0 Å². The average Bonchev–Trinajstić information content (AvgIpc) is 2.29. The van der Waals surface area contributed by atoms with Crippen molar-refractivity contribution in [1.82, 2.24) is 0 Å². The van der Waals surface area contributed by atoms with Gasteiger partial charge in [0.2, 0.25) is 12.9 Å². The molecular weight excluding hydrogens is 276 g/mol. The molecule has 0 aromatic rings. The zero-order valence-electron chi connectivity index (χ0n) is 11.2. The van der Waals surface area contributed by atoms with E-state index in [0.29, 0.717) is 0 Å². The summed E-state index contributed by atoms with van der Waals surface area (Å²) in [5.74, 6) is 0. The van der Waals surface area contributed by atoms with Crippen LogP contribution in [-0.2, 0) is 0 Å². The van der Waals surface area contributed by atoms with E-state index in [1.807, 2.05) is 0 Å². The van der Waals surface area contributed by atoms with Gasteiger partial charge in [0.05, 0.1) is 0 Å². The summed E-state index contributed by atoms with van der Waals surface area (Å²) in [5, 5.41) is 0. The minimum atomic E-state index is -2.12. The molecule has 0 aromatic heterocycles. The van der Waals surface area contributed by atoms with Crippen LogP contribution in [0.15, 0.2) is 0 Å². The normalized spacial score (nSPS) is 13.0. The molecule has 0 radical (unpaired) electrons. The number of rotatable bonds is 13. The summed E-state index contributed by atoms with van der Waals surface area (Å²) in [5.41, 5.74) is 0. The van der Waals surface area contributed by atoms with Crippen LogP contribution in [0.5, 0.6) is 0 Å². The van der Waals surface area contributed by atoms with Crippen LogP contribution in [0, 0.1) is 0 Å². The van der Waals surface area contributed by atoms with Crippen molar-refractivity contribution in [1.29, 1.82) is 0 Å². The maximum absolute atomic E-state index is 11.8. The standard InChI is InChI=1S/C12H26F4Si2/c13-11(14)5-9-17-7-3-1-2-4-8-18-10-6-12(15)16/h11-12H,1-10,17-18H2. The lowest BCUT2D eigenvalue weighted by atomic mass is 10.2. The third-order valence-electron chi connectivity index (χ3n) is 3.09. The summed E-state index contributed by atoms with van der Waals surface area (Å²) in [6, 6.07) is 3.93. The third-order valence-corrected chi connectivity index (χ3v) is 6.91. The van der Waals surface area contributed by atoms with Crippen LogP contribution in [0.4, 0.5) is 17.6 Å². The van der Waals surface area contributed by atoms with E-state index in [9.17, 15) is 17.6 Å². The van der Waals surface area contributed by atoms with Crippen molar-refractivity contribution in [2.75, 3.05) is 0 Å². The Morgan fingerprint density at radius 3 is 1.28 bits per heavy atom. The van der Waals surface area contributed by atoms with E-state index in [-0.39, 0.29) is 31.9 Å². The molecule has 0 saturated carbocycles. The van der Waals surface area contributed by atoms with Crippen molar-refractivity contribution in [2.24, 2.45) is 0 Å². The second-order valence-corrected chi connectivity index (χ2v) is 9.14. The Labute approximate surface area is 113 Å². The van der Waals surface area contributed by atoms with E-state index < -0.39 is 12.9 Å². The summed E-state index contributed by atoms with van der Waals surface area (Å²) in [4.78, 5) is 0. The van der Waals surface area contributed by atoms with Gasteiger partial charge < -0.3 is 0 Å². The lowest BCUT2D eigenvalue weighted by Crippen LogP contribution is -1.96. The molecule has 0 nitrogen and oxygen atoms in total. The Balaban J connectivity index is 2.95. The zero-order valence-corrected chi connectivity index (χ0v) is 14.0. The summed E-state index contributed by atoms with van der Waals surface area (Å²) < 4.78 is 47.4. The van der Waals surface area contributed by atoms with Crippen molar-refractivity contribution < 1.29 is 17.6 Å². The fourth-order valence-electron chi connectivity index (χ4n) is 2.01. The first kappa shape index (κ1) is 18.2. The zero-order chi connectivity index (χ0) is 13.6. The van der Waals surface area contributed by atoms with E-state index >= 15 is 0 Å². The van der Waals surface area contributed by atoms with Gasteiger partial charge in [0, 0.05) is 31.9 Å². The molecule has 0 atom stereocenters. The molecule has 0 aliphatic carbocycles. The Hall–Kier alpha value is 0.154. The van der Waals surface area contributed by atoms with Crippen molar-refractivity contribution in [3.05, 3.63) is 0 Å². The number of halogens is 4. The molecule has 0 amide bonds. The molecule has 0 spiro atoms. The summed E-state index contributed by atoms with van der Waals surface area (Å²) >= 11 is 0. The van der Waals surface area contributed by atoms with Gasteiger partial charge in [-0.2, -0.15) is 0 Å². The van der Waals surface area contributed by atoms with E-state index in [1.165, 1.54) is 37.8 Å². The van der Waals surface area contributed by atoms with E-state index in [4.69, 9.17) is 0 Å². The first-order valence-corrected chi connectivity index (χ1v) is 11.2. The largest absolute Gasteiger partial charge is 0.238 e. The van der Waals surface area contributed by atoms with Gasteiger partial charge in [-0.15, -0.1) is 0 Å². The van der Waals surface area contributed by atoms with E-state index in [0.717, 1.165) is 12.1 Å². The second-order valence-electron chi connectivity index (χ2n) is 4.90. The van der Waals surface area contributed by atoms with Gasteiger partial charge in [0.15, 0.2) is 0 Å². The van der Waals surface area contributed by atoms with Crippen molar-refractivity contribution in [3.63, 3.8) is 0 Å². The van der Waals surface area contributed by atoms with Gasteiger partial charge in [-0.1, -0.05) is 49.9 Å². The minimum absolute atomic E-state index is 0.0992. The van der Waals surface area contributed by atoms with Gasteiger partial charge in [-0.3, -0.25) is 0 Å². The Morgan fingerprint density at radius 2 is 0.944 bits per heavy atom. The Morgan fingerprint density at radius 1 is 0.556 bits per heavy atom. The van der Waals surface area contributed by atoms with Gasteiger partial charge in [-0.25, -0.2) is 17.6 Å². The summed E-state index contributed by atoms with van der Waals surface area (Å²) in [6.07, 6.45) is 0.744. The predicted molar refractivity (Wildman–Crippen MR) is 76.0 cm³/mol. The molecule has 0 heterocycles. The highest BCUT2D eigenvalue weighted by Gasteiger charge is 2.02. The summed E-state index contributed by atoms with van der Waals surface area (Å²) in [7, 11) is -0.486. The van der Waals surface area contributed by atoms with Crippen molar-refractivity contribution >= 4 is 19.0 Å². The quantitative estimate of drug-likeness (QED) is 0.275. The molecule has 18 heavy (non-hydrogen) atoms. The first-order valence-electron chi connectivity index (χ1n) is 7.19. The average molecular weight is 303 g/mol. The van der Waals surface area contributed by atoms with Crippen LogP contribution in [0.25, 0.3) is 0 Å². The number of hydrogen-bond acceptors (Lipinski definition) is 0. The van der Waals surface area contributed by atoms with Gasteiger partial charge >= 0.3 is 0 Å². The SMILES string of the molecule is FC(F)CC[SiH2]CCCCCC[SiH2]CCC(F)F. The molecule has 0 unspecified atom stereocenters. The smallest absolute Gasteiger partial charge is 0.211 e. The molecule has 0 N–H and O–H groups in total. The third kappa shape index (κ3) is 16.2. The van der Waals surface area contributed by atoms with Crippen LogP contribution >= 0.6 is 0 Å². The predicted octanol–water partition coefficient (Wildman–Crippen LogP) is 3.87. The molecule has 0 rings (SSSR count). The van der Waals surface area contributed by atoms with Crippen molar-refractivity contribution in [3.8, 4) is 0 Å². The van der Waals surface area contributed by atoms with Crippen LogP contribution in [-0.4, -0.2) is 31.9 Å². The highest BCUT2D eigenvalue weighted by molar-refractivity contribution is 6.35. The topological polar surface area (TPSA) is 0 Å². The van der Waals surface area contributed by atoms with Gasteiger partial charge in [0.25, 0.3) is 0 Å². The second kappa shape index (κ2) is 13.6. The Kier molecular flexibility index (Phi) is 13.7. The van der Waals surface area contributed by atoms with Crippen LogP contribution < -0.4 is 0 Å². The molecule has 110 valence electrons. The number of hydrogen-bond donors (Lipinski definition) is 0. The molecular formula is C12H26F4Si2. The fourth-order valence-corrected chi connectivity index (χ4v) is 5.33. The van der Waals surface area contributed by atoms with Gasteiger partial charge in [-0.05, 0) is 0 Å². The lowest BCUT2D eigenvalue weighted by Gasteiger charge is -2.02. The van der Waals surface area contributed by atoms with E-state index in [1.54, 1.807) is 0 Å². The van der Waals surface area contributed by atoms with Crippen LogP contribution in [0.3, 0.4) is 0 Å². The molecule has 0 bridgehead atoms. The Bertz CT molecular complexity index is 150. The van der Waals surface area contributed by atoms with Crippen LogP contribution in [0.2, 0.25) is 24.2 Å². The van der Waals surface area contributed by atoms with E-state index in [2.05, 4.69) is 0 Å². The molecule has 0 aromatic carbocycles. The molecule has 6 heteroatoms. The fraction of sp³-hybridized carbons (Fsp3) is 1.00. The highest BCUT2D eigenvalue weighted by Crippen LogP contribution is 2.10. The van der Waals surface area contributed by atoms with Crippen LogP contribution in [0.1, 0.15) is 38.5 Å². The molecule has 0 aliphatic heterocycles. The first-order chi connectivity index (χ1) is 8.63. The molecule has 0 saturated heterocycles. The molecule has 0 fully saturated rings. The summed E-state index contributed by atoms with van der Waals surface area (Å²) in [6.45, 7) is 0. The highest BCUT2D eigenvalue weighted by atomic mass is 28.2. The number of unbranched alkanes of at least 4 members (excludes halogenated alkanes) is 3. The monoisotopic (exact) mass is 302 g/mol. The maximum Gasteiger partial charge on any atom is 0.238 e.